The number of alkyl halides is 2. The normalized spacial score (nSPS) is 17.6. The Labute approximate surface area is 185 Å². The fraction of sp³-hybridized carbons (Fsp3) is 0.273. The number of halogens is 2. The van der Waals surface area contributed by atoms with Crippen LogP contribution in [0, 0.1) is 0 Å². The predicted molar refractivity (Wildman–Crippen MR) is 117 cm³/mol. The number of aromatic nitrogens is 5. The monoisotopic (exact) mass is 454 g/mol. The Bertz CT molecular complexity index is 1480. The van der Waals surface area contributed by atoms with E-state index in [0.29, 0.717) is 16.8 Å². The van der Waals surface area contributed by atoms with E-state index in [2.05, 4.69) is 10.1 Å². The molecule has 4 heterocycles. The number of rotatable bonds is 4. The lowest BCUT2D eigenvalue weighted by Crippen LogP contribution is -2.28. The average Bonchev–Trinajstić information content (AvgIpc) is 3.29. The van der Waals surface area contributed by atoms with E-state index in [9.17, 15) is 18.4 Å². The van der Waals surface area contributed by atoms with Gasteiger partial charge in [-0.1, -0.05) is 30.3 Å². The lowest BCUT2D eigenvalue weighted by atomic mass is 10.0. The predicted octanol–water partition coefficient (Wildman–Crippen LogP) is 1.93. The van der Waals surface area contributed by atoms with Gasteiger partial charge in [-0.05, 0) is 6.07 Å². The fourth-order valence-electron chi connectivity index (χ4n) is 4.03. The molecule has 33 heavy (non-hydrogen) atoms. The summed E-state index contributed by atoms with van der Waals surface area (Å²) in [6.07, 6.45) is 0.266. The highest BCUT2D eigenvalue weighted by Gasteiger charge is 2.41. The van der Waals surface area contributed by atoms with Gasteiger partial charge in [0.25, 0.3) is 5.92 Å². The molecule has 0 unspecified atom stereocenters. The van der Waals surface area contributed by atoms with E-state index in [1.165, 1.54) is 10.6 Å². The summed E-state index contributed by atoms with van der Waals surface area (Å²) in [5.74, 6) is -3.03. The lowest BCUT2D eigenvalue weighted by molar-refractivity contribution is -0.0107. The van der Waals surface area contributed by atoms with E-state index in [0.717, 1.165) is 14.6 Å². The molecule has 1 fully saturated rings. The summed E-state index contributed by atoms with van der Waals surface area (Å²) in [7, 11) is 1.61. The van der Waals surface area contributed by atoms with Crippen molar-refractivity contribution in [3.8, 4) is 22.4 Å². The number of ether oxygens (including phenoxy) is 1. The van der Waals surface area contributed by atoms with Crippen molar-refractivity contribution in [3.63, 3.8) is 0 Å². The molecule has 5 rings (SSSR count). The molecule has 0 aliphatic carbocycles. The second-order valence-electron chi connectivity index (χ2n) is 8.04. The molecule has 1 aromatic carbocycles. The molecule has 1 aliphatic heterocycles. The summed E-state index contributed by atoms with van der Waals surface area (Å²) in [4.78, 5) is 29.5. The zero-order valence-corrected chi connectivity index (χ0v) is 17.6. The third kappa shape index (κ3) is 3.69. The quantitative estimate of drug-likeness (QED) is 0.505. The van der Waals surface area contributed by atoms with Crippen LogP contribution in [0.15, 0.2) is 58.3 Å². The summed E-state index contributed by atoms with van der Waals surface area (Å²) in [5, 5.41) is 4.43. The van der Waals surface area contributed by atoms with Crippen molar-refractivity contribution in [3.05, 3.63) is 69.5 Å². The third-order valence-corrected chi connectivity index (χ3v) is 5.61. The number of pyridine rings is 1. The van der Waals surface area contributed by atoms with Crippen LogP contribution in [0.3, 0.4) is 0 Å². The van der Waals surface area contributed by atoms with Crippen molar-refractivity contribution in [2.75, 3.05) is 12.3 Å². The molecule has 0 radical (unpaired) electrons. The zero-order chi connectivity index (χ0) is 23.3. The number of fused-ring (bicyclic) bond motifs is 1. The summed E-state index contributed by atoms with van der Waals surface area (Å²) < 4.78 is 35.9. The van der Waals surface area contributed by atoms with Crippen molar-refractivity contribution in [1.29, 1.82) is 0 Å². The smallest absolute Gasteiger partial charge is 0.353 e. The summed E-state index contributed by atoms with van der Waals surface area (Å²) >= 11 is 0. The van der Waals surface area contributed by atoms with E-state index < -0.39 is 30.7 Å². The van der Waals surface area contributed by atoms with Gasteiger partial charge in [-0.3, -0.25) is 4.79 Å². The van der Waals surface area contributed by atoms with Crippen LogP contribution < -0.4 is 17.0 Å². The van der Waals surface area contributed by atoms with Crippen LogP contribution in [0.25, 0.3) is 28.0 Å². The number of aryl methyl sites for hydroxylation is 1. The van der Waals surface area contributed by atoms with Gasteiger partial charge in [-0.15, -0.1) is 5.10 Å². The number of benzene rings is 1. The summed E-state index contributed by atoms with van der Waals surface area (Å²) in [5.41, 5.74) is 7.82. The van der Waals surface area contributed by atoms with E-state index in [-0.39, 0.29) is 23.7 Å². The molecule has 1 saturated heterocycles. The molecular weight excluding hydrogens is 434 g/mol. The van der Waals surface area contributed by atoms with E-state index in [4.69, 9.17) is 10.5 Å². The van der Waals surface area contributed by atoms with Crippen LogP contribution in [0.5, 0.6) is 0 Å². The van der Waals surface area contributed by atoms with Gasteiger partial charge in [0.2, 0.25) is 11.5 Å². The van der Waals surface area contributed by atoms with Crippen molar-refractivity contribution in [2.24, 2.45) is 7.05 Å². The Morgan fingerprint density at radius 2 is 1.91 bits per heavy atom. The Hall–Kier alpha value is -3.86. The highest BCUT2D eigenvalue weighted by molar-refractivity contribution is 5.90. The van der Waals surface area contributed by atoms with Crippen molar-refractivity contribution >= 4 is 11.6 Å². The van der Waals surface area contributed by atoms with Crippen LogP contribution in [0.4, 0.5) is 14.7 Å². The van der Waals surface area contributed by atoms with Gasteiger partial charge in [-0.25, -0.2) is 27.6 Å². The minimum atomic E-state index is -2.94. The first-order valence-electron chi connectivity index (χ1n) is 10.2. The second-order valence-corrected chi connectivity index (χ2v) is 8.04. The van der Waals surface area contributed by atoms with Crippen molar-refractivity contribution in [1.82, 2.24) is 23.7 Å². The lowest BCUT2D eigenvalue weighted by Gasteiger charge is -2.12. The molecule has 1 aliphatic rings. The zero-order valence-electron chi connectivity index (χ0n) is 17.6. The van der Waals surface area contributed by atoms with Gasteiger partial charge < -0.3 is 15.0 Å². The first kappa shape index (κ1) is 21.0. The van der Waals surface area contributed by atoms with Gasteiger partial charge in [0.15, 0.2) is 5.65 Å². The molecule has 2 N–H and O–H groups in total. The van der Waals surface area contributed by atoms with Gasteiger partial charge in [0.1, 0.15) is 6.61 Å². The summed E-state index contributed by atoms with van der Waals surface area (Å²) in [6, 6.07) is 12.2. The van der Waals surface area contributed by atoms with Gasteiger partial charge in [-0.2, -0.15) is 0 Å². The summed E-state index contributed by atoms with van der Waals surface area (Å²) in [6.45, 7) is -0.839. The number of nitrogens with two attached hydrogens (primary N) is 1. The van der Waals surface area contributed by atoms with Crippen molar-refractivity contribution in [2.45, 2.75) is 25.0 Å². The molecule has 4 aromatic rings. The van der Waals surface area contributed by atoms with Gasteiger partial charge in [0, 0.05) is 36.9 Å². The number of anilines is 1. The highest BCUT2D eigenvalue weighted by atomic mass is 19.3. The van der Waals surface area contributed by atoms with Crippen LogP contribution in [0.2, 0.25) is 0 Å². The second kappa shape index (κ2) is 7.62. The molecule has 3 aromatic heterocycles. The molecule has 11 heteroatoms. The number of nitrogens with zero attached hydrogens (tertiary/aromatic N) is 5. The van der Waals surface area contributed by atoms with Crippen LogP contribution in [-0.2, 0) is 18.3 Å². The first-order chi connectivity index (χ1) is 15.7. The van der Waals surface area contributed by atoms with Crippen molar-refractivity contribution < 1.29 is 13.5 Å². The molecule has 0 amide bonds. The standard InChI is InChI=1S/C22H20F2N6O3/c1-28-10-14(7-8-16(28)31)17-18(13-5-3-2-4-6-13)26-20(25)30-19(17)27-29(21(30)32)11-15-9-22(23,24)12-33-15/h2-8,10,15H,9,11-12H2,1H3,(H2,25,26)/t15-/m1/s1. The Balaban J connectivity index is 1.75. The molecular formula is C22H20F2N6O3. The Morgan fingerprint density at radius 1 is 1.15 bits per heavy atom. The minimum absolute atomic E-state index is 0.0913. The third-order valence-electron chi connectivity index (χ3n) is 5.61. The van der Waals surface area contributed by atoms with E-state index in [1.807, 2.05) is 30.3 Å². The van der Waals surface area contributed by atoms with Crippen LogP contribution >= 0.6 is 0 Å². The molecule has 0 bridgehead atoms. The Morgan fingerprint density at radius 3 is 2.58 bits per heavy atom. The minimum Gasteiger partial charge on any atom is -0.370 e. The Kier molecular flexibility index (Phi) is 4.85. The maximum Gasteiger partial charge on any atom is 0.353 e. The largest absolute Gasteiger partial charge is 0.370 e. The van der Waals surface area contributed by atoms with Gasteiger partial charge >= 0.3 is 5.69 Å². The topological polar surface area (TPSA) is 109 Å². The molecule has 0 saturated carbocycles. The average molecular weight is 454 g/mol. The van der Waals surface area contributed by atoms with Crippen LogP contribution in [0.1, 0.15) is 6.42 Å². The first-order valence-corrected chi connectivity index (χ1v) is 10.2. The SMILES string of the molecule is Cn1cc(-c2c(-c3ccccc3)nc(N)n3c(=O)n(C[C@H]4CC(F)(F)CO4)nc23)ccc1=O. The fourth-order valence-corrected chi connectivity index (χ4v) is 4.03. The highest BCUT2D eigenvalue weighted by Crippen LogP contribution is 2.34. The number of nitrogen functional groups attached to an aromatic ring is 1. The maximum atomic E-state index is 13.6. The van der Waals surface area contributed by atoms with E-state index in [1.54, 1.807) is 19.3 Å². The maximum absolute atomic E-state index is 13.6. The van der Waals surface area contributed by atoms with Gasteiger partial charge in [0.05, 0.1) is 23.9 Å². The molecule has 1 atom stereocenters. The van der Waals surface area contributed by atoms with E-state index >= 15 is 0 Å². The van der Waals surface area contributed by atoms with Crippen LogP contribution in [-0.4, -0.2) is 42.4 Å². The molecule has 170 valence electrons. The number of hydrogen-bond donors (Lipinski definition) is 1. The molecule has 0 spiro atoms. The molecule has 9 nitrogen and oxygen atoms in total. The number of hydrogen-bond acceptors (Lipinski definition) is 6.